The minimum absolute atomic E-state index is 0.538. The van der Waals surface area contributed by atoms with Gasteiger partial charge in [0.25, 0.3) is 0 Å². The van der Waals surface area contributed by atoms with Crippen molar-refractivity contribution in [3.05, 3.63) is 23.8 Å². The first-order valence-electron chi connectivity index (χ1n) is 5.55. The van der Waals surface area contributed by atoms with Crippen molar-refractivity contribution in [1.82, 2.24) is 0 Å². The Hall–Kier alpha value is -1.71. The van der Waals surface area contributed by atoms with Gasteiger partial charge in [-0.05, 0) is 37.0 Å². The van der Waals surface area contributed by atoms with Crippen LogP contribution in [-0.2, 0) is 11.2 Å². The van der Waals surface area contributed by atoms with Crippen LogP contribution in [-0.4, -0.2) is 25.3 Å². The monoisotopic (exact) mass is 236 g/mol. The lowest BCUT2D eigenvalue weighted by Crippen LogP contribution is -2.17. The maximum atomic E-state index is 11.1. The highest BCUT2D eigenvalue weighted by Gasteiger charge is 2.50. The molecule has 0 aliphatic heterocycles. The Morgan fingerprint density at radius 3 is 2.12 bits per heavy atom. The van der Waals surface area contributed by atoms with E-state index < -0.39 is 11.4 Å². The molecular weight excluding hydrogens is 220 g/mol. The van der Waals surface area contributed by atoms with Crippen LogP contribution in [0.5, 0.6) is 11.5 Å². The van der Waals surface area contributed by atoms with E-state index in [0.29, 0.717) is 17.9 Å². The van der Waals surface area contributed by atoms with E-state index in [1.54, 1.807) is 20.3 Å². The van der Waals surface area contributed by atoms with Crippen LogP contribution in [0.1, 0.15) is 18.4 Å². The SMILES string of the molecule is COc1cc(CC2(C(=O)O)CC2)cc(OC)c1. The first-order chi connectivity index (χ1) is 8.09. The molecule has 92 valence electrons. The molecule has 1 aromatic carbocycles. The highest BCUT2D eigenvalue weighted by atomic mass is 16.5. The molecule has 0 heterocycles. The highest BCUT2D eigenvalue weighted by Crippen LogP contribution is 2.49. The maximum Gasteiger partial charge on any atom is 0.309 e. The summed E-state index contributed by atoms with van der Waals surface area (Å²) >= 11 is 0. The summed E-state index contributed by atoms with van der Waals surface area (Å²) in [6.07, 6.45) is 2.04. The van der Waals surface area contributed by atoms with Crippen molar-refractivity contribution in [1.29, 1.82) is 0 Å². The zero-order valence-corrected chi connectivity index (χ0v) is 10.0. The van der Waals surface area contributed by atoms with Gasteiger partial charge in [-0.25, -0.2) is 0 Å². The van der Waals surface area contributed by atoms with Gasteiger partial charge >= 0.3 is 5.97 Å². The van der Waals surface area contributed by atoms with E-state index in [4.69, 9.17) is 14.6 Å². The van der Waals surface area contributed by atoms with E-state index in [1.807, 2.05) is 12.1 Å². The van der Waals surface area contributed by atoms with E-state index in [9.17, 15) is 4.79 Å². The summed E-state index contributed by atoms with van der Waals surface area (Å²) in [6.45, 7) is 0. The second kappa shape index (κ2) is 4.28. The fraction of sp³-hybridized carbons (Fsp3) is 0.462. The van der Waals surface area contributed by atoms with Crippen molar-refractivity contribution < 1.29 is 19.4 Å². The summed E-state index contributed by atoms with van der Waals surface area (Å²) in [6, 6.07) is 5.51. The molecule has 1 aliphatic carbocycles. The molecule has 1 aliphatic rings. The summed E-state index contributed by atoms with van der Waals surface area (Å²) < 4.78 is 10.3. The summed E-state index contributed by atoms with van der Waals surface area (Å²) in [5.41, 5.74) is 0.387. The zero-order valence-electron chi connectivity index (χ0n) is 10.0. The standard InChI is InChI=1S/C13H16O4/c1-16-10-5-9(6-11(7-10)17-2)8-13(3-4-13)12(14)15/h5-7H,3-4,8H2,1-2H3,(H,14,15). The van der Waals surface area contributed by atoms with Crippen molar-refractivity contribution in [3.8, 4) is 11.5 Å². The van der Waals surface area contributed by atoms with Crippen LogP contribution in [0, 0.1) is 5.41 Å². The molecule has 17 heavy (non-hydrogen) atoms. The number of rotatable bonds is 5. The predicted octanol–water partition coefficient (Wildman–Crippen LogP) is 2.11. The molecule has 0 saturated heterocycles. The first kappa shape index (κ1) is 11.8. The van der Waals surface area contributed by atoms with Crippen molar-refractivity contribution in [2.45, 2.75) is 19.3 Å². The van der Waals surface area contributed by atoms with Crippen LogP contribution in [0.15, 0.2) is 18.2 Å². The summed E-state index contributed by atoms with van der Waals surface area (Å²) in [7, 11) is 3.17. The van der Waals surface area contributed by atoms with Gasteiger partial charge < -0.3 is 14.6 Å². The summed E-state index contributed by atoms with van der Waals surface area (Å²) in [5, 5.41) is 9.16. The van der Waals surface area contributed by atoms with Crippen molar-refractivity contribution in [2.24, 2.45) is 5.41 Å². The highest BCUT2D eigenvalue weighted by molar-refractivity contribution is 5.78. The van der Waals surface area contributed by atoms with Gasteiger partial charge in [0, 0.05) is 6.07 Å². The number of benzene rings is 1. The number of aliphatic carboxylic acids is 1. The third-order valence-electron chi connectivity index (χ3n) is 3.26. The Morgan fingerprint density at radius 2 is 1.76 bits per heavy atom. The number of carbonyl (C=O) groups is 1. The van der Waals surface area contributed by atoms with Gasteiger partial charge in [0.15, 0.2) is 0 Å². The molecule has 2 rings (SSSR count). The molecule has 0 spiro atoms. The molecule has 1 saturated carbocycles. The van der Waals surface area contributed by atoms with E-state index in [-0.39, 0.29) is 0 Å². The number of ether oxygens (including phenoxy) is 2. The number of hydrogen-bond acceptors (Lipinski definition) is 3. The van der Waals surface area contributed by atoms with Crippen molar-refractivity contribution in [3.63, 3.8) is 0 Å². The summed E-state index contributed by atoms with van der Waals surface area (Å²) in [5.74, 6) is 0.681. The third-order valence-corrected chi connectivity index (χ3v) is 3.26. The Morgan fingerprint density at radius 1 is 1.24 bits per heavy atom. The molecule has 1 N–H and O–H groups in total. The Balaban J connectivity index is 2.23. The number of carboxylic acid groups (broad SMARTS) is 1. The maximum absolute atomic E-state index is 11.1. The molecule has 1 aromatic rings. The van der Waals surface area contributed by atoms with E-state index in [0.717, 1.165) is 18.4 Å². The van der Waals surface area contributed by atoms with Gasteiger partial charge in [0.05, 0.1) is 19.6 Å². The molecule has 4 heteroatoms. The van der Waals surface area contributed by atoms with Gasteiger partial charge in [-0.1, -0.05) is 0 Å². The molecule has 1 fully saturated rings. The molecule has 0 radical (unpaired) electrons. The lowest BCUT2D eigenvalue weighted by Gasteiger charge is -2.12. The van der Waals surface area contributed by atoms with Gasteiger partial charge in [-0.15, -0.1) is 0 Å². The van der Waals surface area contributed by atoms with Crippen LogP contribution in [0.4, 0.5) is 0 Å². The lowest BCUT2D eigenvalue weighted by molar-refractivity contribution is -0.143. The largest absolute Gasteiger partial charge is 0.497 e. The van der Waals surface area contributed by atoms with Gasteiger partial charge in [0.2, 0.25) is 0 Å². The van der Waals surface area contributed by atoms with Crippen LogP contribution in [0.2, 0.25) is 0 Å². The molecule has 0 amide bonds. The lowest BCUT2D eigenvalue weighted by atomic mass is 9.96. The average Bonchev–Trinajstić information content (AvgIpc) is 3.09. The first-order valence-corrected chi connectivity index (χ1v) is 5.55. The fourth-order valence-electron chi connectivity index (χ4n) is 1.98. The molecule has 0 aromatic heterocycles. The van der Waals surface area contributed by atoms with Crippen molar-refractivity contribution >= 4 is 5.97 Å². The predicted molar refractivity (Wildman–Crippen MR) is 62.6 cm³/mol. The Kier molecular flexibility index (Phi) is 2.96. The molecule has 4 nitrogen and oxygen atoms in total. The quantitative estimate of drug-likeness (QED) is 0.850. The van der Waals surface area contributed by atoms with Crippen LogP contribution < -0.4 is 9.47 Å². The molecule has 0 bridgehead atoms. The number of hydrogen-bond donors (Lipinski definition) is 1. The van der Waals surface area contributed by atoms with Crippen LogP contribution >= 0.6 is 0 Å². The third kappa shape index (κ3) is 2.35. The topological polar surface area (TPSA) is 55.8 Å². The van der Waals surface area contributed by atoms with Gasteiger partial charge in [0.1, 0.15) is 11.5 Å². The van der Waals surface area contributed by atoms with E-state index >= 15 is 0 Å². The van der Waals surface area contributed by atoms with E-state index in [1.165, 1.54) is 0 Å². The van der Waals surface area contributed by atoms with Crippen molar-refractivity contribution in [2.75, 3.05) is 14.2 Å². The minimum Gasteiger partial charge on any atom is -0.497 e. The summed E-state index contributed by atoms with van der Waals surface area (Å²) in [4.78, 5) is 11.1. The smallest absolute Gasteiger partial charge is 0.309 e. The molecular formula is C13H16O4. The zero-order chi connectivity index (χ0) is 12.5. The average molecular weight is 236 g/mol. The molecule has 0 unspecified atom stereocenters. The Bertz CT molecular complexity index is 413. The van der Waals surface area contributed by atoms with Crippen LogP contribution in [0.3, 0.4) is 0 Å². The van der Waals surface area contributed by atoms with Gasteiger partial charge in [-0.3, -0.25) is 4.79 Å². The van der Waals surface area contributed by atoms with Crippen LogP contribution in [0.25, 0.3) is 0 Å². The Labute approximate surface area is 100 Å². The minimum atomic E-state index is -0.709. The normalized spacial score (nSPS) is 16.4. The van der Waals surface area contributed by atoms with Gasteiger partial charge in [-0.2, -0.15) is 0 Å². The van der Waals surface area contributed by atoms with E-state index in [2.05, 4.69) is 0 Å². The second-order valence-corrected chi connectivity index (χ2v) is 4.48. The number of carboxylic acids is 1. The molecule has 0 atom stereocenters. The number of methoxy groups -OCH3 is 2. The second-order valence-electron chi connectivity index (χ2n) is 4.48. The fourth-order valence-corrected chi connectivity index (χ4v) is 1.98.